The van der Waals surface area contributed by atoms with E-state index in [0.29, 0.717) is 41.3 Å². The Hall–Kier alpha value is -2.61. The van der Waals surface area contributed by atoms with Crippen LogP contribution in [0, 0.1) is 13.8 Å². The minimum Gasteiger partial charge on any atom is -0.486 e. The third-order valence-corrected chi connectivity index (χ3v) is 5.14. The van der Waals surface area contributed by atoms with E-state index in [1.54, 1.807) is 23.0 Å². The van der Waals surface area contributed by atoms with Crippen LogP contribution >= 0.6 is 15.9 Å². The number of aromatic nitrogens is 3. The van der Waals surface area contributed by atoms with Gasteiger partial charge in [0.2, 0.25) is 0 Å². The van der Waals surface area contributed by atoms with Crippen molar-refractivity contribution < 1.29 is 18.8 Å². The van der Waals surface area contributed by atoms with Crippen molar-refractivity contribution >= 4 is 21.7 Å². The summed E-state index contributed by atoms with van der Waals surface area (Å²) in [5.74, 6) is 2.01. The number of benzene rings is 1. The second-order valence-electron chi connectivity index (χ2n) is 6.42. The minimum absolute atomic E-state index is 0.0178. The molecule has 0 atom stereocenters. The van der Waals surface area contributed by atoms with Crippen LogP contribution in [0.1, 0.15) is 32.9 Å². The third-order valence-electron chi connectivity index (χ3n) is 4.48. The zero-order valence-corrected chi connectivity index (χ0v) is 16.6. The molecule has 0 saturated carbocycles. The van der Waals surface area contributed by atoms with E-state index in [1.165, 1.54) is 0 Å². The SMILES string of the molecule is Cc1noc(C)c1Cn1cc(CC(=O)c2cc3c(cc2Br)OCCO3)cn1. The molecule has 0 spiro atoms. The monoisotopic (exact) mass is 431 g/mol. The smallest absolute Gasteiger partial charge is 0.168 e. The van der Waals surface area contributed by atoms with Crippen LogP contribution in [-0.2, 0) is 13.0 Å². The Morgan fingerprint density at radius 3 is 2.67 bits per heavy atom. The molecule has 0 amide bonds. The Balaban J connectivity index is 1.50. The maximum Gasteiger partial charge on any atom is 0.168 e. The van der Waals surface area contributed by atoms with Crippen LogP contribution in [0.4, 0.5) is 0 Å². The molecule has 0 N–H and O–H groups in total. The number of Topliss-reactive ketones (excluding diaryl/α,β-unsaturated/α-hetero) is 1. The lowest BCUT2D eigenvalue weighted by atomic mass is 10.0. The molecule has 2 aromatic heterocycles. The summed E-state index contributed by atoms with van der Waals surface area (Å²) < 4.78 is 18.8. The molecule has 0 saturated heterocycles. The summed E-state index contributed by atoms with van der Waals surface area (Å²) >= 11 is 3.46. The number of hydrogen-bond acceptors (Lipinski definition) is 6. The maximum atomic E-state index is 12.8. The maximum absolute atomic E-state index is 12.8. The molecule has 8 heteroatoms. The number of carbonyl (C=O) groups is 1. The summed E-state index contributed by atoms with van der Waals surface area (Å²) in [6, 6.07) is 3.51. The molecule has 0 radical (unpaired) electrons. The molecule has 1 aliphatic heterocycles. The second-order valence-corrected chi connectivity index (χ2v) is 7.28. The van der Waals surface area contributed by atoms with Crippen molar-refractivity contribution in [3.05, 3.63) is 57.1 Å². The molecule has 27 heavy (non-hydrogen) atoms. The van der Waals surface area contributed by atoms with Crippen molar-refractivity contribution in [1.82, 2.24) is 14.9 Å². The zero-order valence-electron chi connectivity index (χ0n) is 15.0. The van der Waals surface area contributed by atoms with E-state index in [1.807, 2.05) is 20.0 Å². The number of aryl methyl sites for hydroxylation is 2. The summed E-state index contributed by atoms with van der Waals surface area (Å²) in [4.78, 5) is 12.8. The Bertz CT molecular complexity index is 989. The number of carbonyl (C=O) groups excluding carboxylic acids is 1. The van der Waals surface area contributed by atoms with E-state index >= 15 is 0 Å². The third kappa shape index (κ3) is 3.62. The van der Waals surface area contributed by atoms with Crippen LogP contribution in [0.15, 0.2) is 33.5 Å². The van der Waals surface area contributed by atoms with Gasteiger partial charge < -0.3 is 14.0 Å². The van der Waals surface area contributed by atoms with E-state index in [4.69, 9.17) is 14.0 Å². The van der Waals surface area contributed by atoms with Gasteiger partial charge >= 0.3 is 0 Å². The van der Waals surface area contributed by atoms with Gasteiger partial charge in [0.15, 0.2) is 17.3 Å². The first-order valence-electron chi connectivity index (χ1n) is 8.56. The average Bonchev–Trinajstić information content (AvgIpc) is 3.22. The molecule has 1 aliphatic rings. The number of ether oxygens (including phenoxy) is 2. The van der Waals surface area contributed by atoms with Gasteiger partial charge in [0, 0.05) is 28.2 Å². The van der Waals surface area contributed by atoms with E-state index in [2.05, 4.69) is 26.2 Å². The van der Waals surface area contributed by atoms with Crippen molar-refractivity contribution in [2.75, 3.05) is 13.2 Å². The van der Waals surface area contributed by atoms with Gasteiger partial charge in [-0.05, 0) is 47.5 Å². The van der Waals surface area contributed by atoms with Crippen molar-refractivity contribution in [1.29, 1.82) is 0 Å². The summed E-state index contributed by atoms with van der Waals surface area (Å²) in [7, 11) is 0. The van der Waals surface area contributed by atoms with Crippen molar-refractivity contribution in [3.8, 4) is 11.5 Å². The molecule has 0 bridgehead atoms. The van der Waals surface area contributed by atoms with E-state index in [9.17, 15) is 4.79 Å². The van der Waals surface area contributed by atoms with Crippen LogP contribution in [-0.4, -0.2) is 33.9 Å². The van der Waals surface area contributed by atoms with E-state index in [0.717, 1.165) is 22.6 Å². The predicted molar refractivity (Wildman–Crippen MR) is 100 cm³/mol. The minimum atomic E-state index is -0.0178. The number of rotatable bonds is 5. The molecular formula is C19H18BrN3O4. The summed E-state index contributed by atoms with van der Waals surface area (Å²) in [6.07, 6.45) is 3.83. The number of halogens is 1. The van der Waals surface area contributed by atoms with Crippen LogP contribution in [0.2, 0.25) is 0 Å². The van der Waals surface area contributed by atoms with Gasteiger partial charge in [0.1, 0.15) is 19.0 Å². The summed E-state index contributed by atoms with van der Waals surface area (Å²) in [6.45, 7) is 5.33. The van der Waals surface area contributed by atoms with Gasteiger partial charge in [-0.25, -0.2) is 0 Å². The number of hydrogen-bond donors (Lipinski definition) is 0. The highest BCUT2D eigenvalue weighted by Gasteiger charge is 2.19. The highest BCUT2D eigenvalue weighted by molar-refractivity contribution is 9.10. The summed E-state index contributed by atoms with van der Waals surface area (Å²) in [5, 5.41) is 8.31. The van der Waals surface area contributed by atoms with Crippen LogP contribution < -0.4 is 9.47 Å². The number of ketones is 1. The standard InChI is InChI=1S/C19H18BrN3O4/c1-11-15(12(2)27-22-11)10-23-9-13(8-21-23)5-17(24)14-6-18-19(7-16(14)20)26-4-3-25-18/h6-9H,3-5,10H2,1-2H3. The molecule has 1 aromatic carbocycles. The summed E-state index contributed by atoms with van der Waals surface area (Å²) in [5.41, 5.74) is 3.26. The first kappa shape index (κ1) is 17.8. The highest BCUT2D eigenvalue weighted by atomic mass is 79.9. The average molecular weight is 432 g/mol. The van der Waals surface area contributed by atoms with Gasteiger partial charge in [-0.2, -0.15) is 5.10 Å². The Kier molecular flexibility index (Phi) is 4.73. The largest absolute Gasteiger partial charge is 0.486 e. The molecule has 3 aromatic rings. The zero-order chi connectivity index (χ0) is 19.0. The molecule has 0 unspecified atom stereocenters. The fraction of sp³-hybridized carbons (Fsp3) is 0.316. The first-order chi connectivity index (χ1) is 13.0. The van der Waals surface area contributed by atoms with E-state index < -0.39 is 0 Å². The van der Waals surface area contributed by atoms with Gasteiger partial charge in [-0.1, -0.05) is 5.16 Å². The molecule has 3 heterocycles. The number of fused-ring (bicyclic) bond motifs is 1. The topological polar surface area (TPSA) is 79.4 Å². The highest BCUT2D eigenvalue weighted by Crippen LogP contribution is 2.36. The molecular weight excluding hydrogens is 414 g/mol. The molecule has 7 nitrogen and oxygen atoms in total. The van der Waals surface area contributed by atoms with Crippen molar-refractivity contribution in [2.24, 2.45) is 0 Å². The van der Waals surface area contributed by atoms with Crippen molar-refractivity contribution in [2.45, 2.75) is 26.8 Å². The van der Waals surface area contributed by atoms with Gasteiger partial charge in [0.05, 0.1) is 18.4 Å². The first-order valence-corrected chi connectivity index (χ1v) is 9.36. The Morgan fingerprint density at radius 1 is 1.22 bits per heavy atom. The molecule has 4 rings (SSSR count). The fourth-order valence-corrected chi connectivity index (χ4v) is 3.58. The lowest BCUT2D eigenvalue weighted by Gasteiger charge is -2.19. The molecule has 0 aliphatic carbocycles. The Morgan fingerprint density at radius 2 is 1.96 bits per heavy atom. The molecule has 140 valence electrons. The van der Waals surface area contributed by atoms with Gasteiger partial charge in [0.25, 0.3) is 0 Å². The lowest BCUT2D eigenvalue weighted by Crippen LogP contribution is -2.16. The lowest BCUT2D eigenvalue weighted by molar-refractivity contribution is 0.0991. The number of nitrogens with zero attached hydrogens (tertiary/aromatic N) is 3. The second kappa shape index (κ2) is 7.19. The normalized spacial score (nSPS) is 13.0. The molecule has 0 fully saturated rings. The Labute approximate surface area is 164 Å². The van der Waals surface area contributed by atoms with Gasteiger partial charge in [-0.15, -0.1) is 0 Å². The van der Waals surface area contributed by atoms with Crippen LogP contribution in [0.5, 0.6) is 11.5 Å². The van der Waals surface area contributed by atoms with Crippen molar-refractivity contribution in [3.63, 3.8) is 0 Å². The van der Waals surface area contributed by atoms with Crippen LogP contribution in [0.25, 0.3) is 0 Å². The van der Waals surface area contributed by atoms with Gasteiger partial charge in [-0.3, -0.25) is 9.48 Å². The van der Waals surface area contributed by atoms with Crippen LogP contribution in [0.3, 0.4) is 0 Å². The van der Waals surface area contributed by atoms with E-state index in [-0.39, 0.29) is 12.2 Å². The predicted octanol–water partition coefficient (Wildman–Crippen LogP) is 3.50. The quantitative estimate of drug-likeness (QED) is 0.575. The fourth-order valence-electron chi connectivity index (χ4n) is 3.03.